The molecule has 0 radical (unpaired) electrons. The van der Waals surface area contributed by atoms with Crippen LogP contribution in [-0.2, 0) is 6.54 Å². The van der Waals surface area contributed by atoms with E-state index in [1.807, 2.05) is 51.1 Å². The first-order chi connectivity index (χ1) is 9.01. The van der Waals surface area contributed by atoms with Gasteiger partial charge in [0.25, 0.3) is 0 Å². The van der Waals surface area contributed by atoms with Gasteiger partial charge in [-0.1, -0.05) is 29.3 Å². The number of hydrogen-bond donors (Lipinski definition) is 1. The molecule has 100 valence electrons. The van der Waals surface area contributed by atoms with E-state index in [9.17, 15) is 0 Å². The summed E-state index contributed by atoms with van der Waals surface area (Å²) in [5.74, 6) is 1.59. The number of ether oxygens (including phenoxy) is 1. The highest BCUT2D eigenvalue weighted by Crippen LogP contribution is 2.31. The molecule has 19 heavy (non-hydrogen) atoms. The smallest absolute Gasteiger partial charge is 0.131 e. The van der Waals surface area contributed by atoms with E-state index in [-0.39, 0.29) is 0 Å². The van der Waals surface area contributed by atoms with Crippen LogP contribution in [0.1, 0.15) is 22.3 Å². The number of hydrogen-bond acceptors (Lipinski definition) is 2. The van der Waals surface area contributed by atoms with Crippen LogP contribution in [-0.4, -0.2) is 0 Å². The fourth-order valence-corrected chi connectivity index (χ4v) is 2.17. The van der Waals surface area contributed by atoms with E-state index in [1.165, 1.54) is 5.56 Å². The number of benzene rings is 2. The lowest BCUT2D eigenvalue weighted by Gasteiger charge is -2.13. The zero-order valence-corrected chi connectivity index (χ0v) is 12.2. The van der Waals surface area contributed by atoms with Crippen molar-refractivity contribution < 1.29 is 4.74 Å². The molecule has 0 aromatic heterocycles. The Kier molecular flexibility index (Phi) is 4.13. The van der Waals surface area contributed by atoms with Crippen molar-refractivity contribution in [2.75, 3.05) is 0 Å². The lowest BCUT2D eigenvalue weighted by molar-refractivity contribution is 0.475. The van der Waals surface area contributed by atoms with Crippen LogP contribution in [0.25, 0.3) is 0 Å². The number of nitrogens with two attached hydrogens (primary N) is 1. The summed E-state index contributed by atoms with van der Waals surface area (Å²) in [5.41, 5.74) is 9.96. The molecule has 0 bridgehead atoms. The maximum absolute atomic E-state index is 6.16. The lowest BCUT2D eigenvalue weighted by Crippen LogP contribution is -2.00. The van der Waals surface area contributed by atoms with E-state index in [0.29, 0.717) is 6.54 Å². The van der Waals surface area contributed by atoms with Gasteiger partial charge in [-0.2, -0.15) is 0 Å². The minimum Gasteiger partial charge on any atom is -0.457 e. The molecule has 2 rings (SSSR count). The molecule has 0 spiro atoms. The summed E-state index contributed by atoms with van der Waals surface area (Å²) in [4.78, 5) is 0. The Labute approximate surface area is 119 Å². The lowest BCUT2D eigenvalue weighted by atomic mass is 10.1. The predicted molar refractivity (Wildman–Crippen MR) is 80.1 cm³/mol. The molecule has 2 aromatic carbocycles. The zero-order chi connectivity index (χ0) is 14.0. The Morgan fingerprint density at radius 3 is 2.26 bits per heavy atom. The second kappa shape index (κ2) is 5.64. The van der Waals surface area contributed by atoms with Gasteiger partial charge in [-0.25, -0.2) is 0 Å². The summed E-state index contributed by atoms with van der Waals surface area (Å²) in [7, 11) is 0. The first kappa shape index (κ1) is 13.9. The maximum Gasteiger partial charge on any atom is 0.131 e. The van der Waals surface area contributed by atoms with Gasteiger partial charge >= 0.3 is 0 Å². The summed E-state index contributed by atoms with van der Waals surface area (Å²) in [6.07, 6.45) is 0. The molecule has 2 aromatic rings. The Balaban J connectivity index is 2.36. The highest BCUT2D eigenvalue weighted by molar-refractivity contribution is 6.32. The summed E-state index contributed by atoms with van der Waals surface area (Å²) in [5, 5.41) is 0.787. The highest BCUT2D eigenvalue weighted by atomic mass is 35.5. The largest absolute Gasteiger partial charge is 0.457 e. The van der Waals surface area contributed by atoms with Crippen LogP contribution in [0.2, 0.25) is 5.02 Å². The van der Waals surface area contributed by atoms with Gasteiger partial charge in [0, 0.05) is 17.1 Å². The second-order valence-electron chi connectivity index (χ2n) is 4.79. The summed E-state index contributed by atoms with van der Waals surface area (Å²) in [6.45, 7) is 6.45. The van der Waals surface area contributed by atoms with Crippen LogP contribution in [0.3, 0.4) is 0 Å². The Morgan fingerprint density at radius 2 is 1.68 bits per heavy atom. The summed E-state index contributed by atoms with van der Waals surface area (Å²) < 4.78 is 5.93. The summed E-state index contributed by atoms with van der Waals surface area (Å²) >= 11 is 6.16. The maximum atomic E-state index is 6.16. The van der Waals surface area contributed by atoms with Crippen molar-refractivity contribution in [3.8, 4) is 11.5 Å². The average molecular weight is 276 g/mol. The first-order valence-electron chi connectivity index (χ1n) is 6.25. The molecule has 0 aliphatic carbocycles. The molecule has 0 atom stereocenters. The molecule has 3 heteroatoms. The van der Waals surface area contributed by atoms with Gasteiger partial charge < -0.3 is 10.5 Å². The van der Waals surface area contributed by atoms with Crippen LogP contribution < -0.4 is 10.5 Å². The molecule has 0 fully saturated rings. The van der Waals surface area contributed by atoms with E-state index in [0.717, 1.165) is 33.2 Å². The van der Waals surface area contributed by atoms with Crippen molar-refractivity contribution >= 4 is 11.6 Å². The number of rotatable bonds is 3. The third-order valence-electron chi connectivity index (χ3n) is 3.07. The third-order valence-corrected chi connectivity index (χ3v) is 3.67. The molecular weight excluding hydrogens is 258 g/mol. The van der Waals surface area contributed by atoms with Crippen LogP contribution in [0.4, 0.5) is 0 Å². The van der Waals surface area contributed by atoms with Crippen molar-refractivity contribution in [1.82, 2.24) is 0 Å². The van der Waals surface area contributed by atoms with E-state index >= 15 is 0 Å². The first-order valence-corrected chi connectivity index (χ1v) is 6.63. The van der Waals surface area contributed by atoms with Gasteiger partial charge in [0.2, 0.25) is 0 Å². The molecule has 0 heterocycles. The fourth-order valence-electron chi connectivity index (χ4n) is 2.06. The quantitative estimate of drug-likeness (QED) is 0.894. The van der Waals surface area contributed by atoms with Crippen LogP contribution >= 0.6 is 11.6 Å². The molecule has 0 aliphatic rings. The topological polar surface area (TPSA) is 35.2 Å². The van der Waals surface area contributed by atoms with Gasteiger partial charge in [-0.05, 0) is 50.1 Å². The Morgan fingerprint density at radius 1 is 1.05 bits per heavy atom. The Hall–Kier alpha value is -1.51. The molecule has 2 nitrogen and oxygen atoms in total. The van der Waals surface area contributed by atoms with E-state index in [2.05, 4.69) is 0 Å². The zero-order valence-electron chi connectivity index (χ0n) is 11.5. The minimum absolute atomic E-state index is 0.461. The van der Waals surface area contributed by atoms with Gasteiger partial charge in [-0.3, -0.25) is 0 Å². The van der Waals surface area contributed by atoms with Gasteiger partial charge in [-0.15, -0.1) is 0 Å². The third kappa shape index (κ3) is 3.09. The average Bonchev–Trinajstić information content (AvgIpc) is 2.38. The summed E-state index contributed by atoms with van der Waals surface area (Å²) in [6, 6.07) is 9.90. The molecule has 0 amide bonds. The van der Waals surface area contributed by atoms with E-state index < -0.39 is 0 Å². The second-order valence-corrected chi connectivity index (χ2v) is 5.17. The fraction of sp³-hybridized carbons (Fsp3) is 0.250. The van der Waals surface area contributed by atoms with Crippen molar-refractivity contribution in [2.45, 2.75) is 27.3 Å². The Bertz CT molecular complexity index is 585. The SMILES string of the molecule is Cc1ccc(Oc2cc(C)c(Cl)c(C)c2)c(CN)c1. The predicted octanol–water partition coefficient (Wildman–Crippen LogP) is 4.52. The van der Waals surface area contributed by atoms with Crippen molar-refractivity contribution in [2.24, 2.45) is 5.73 Å². The van der Waals surface area contributed by atoms with E-state index in [1.54, 1.807) is 0 Å². The highest BCUT2D eigenvalue weighted by Gasteiger charge is 2.07. The minimum atomic E-state index is 0.461. The van der Waals surface area contributed by atoms with Crippen LogP contribution in [0.15, 0.2) is 30.3 Å². The van der Waals surface area contributed by atoms with Crippen molar-refractivity contribution in [1.29, 1.82) is 0 Å². The van der Waals surface area contributed by atoms with Gasteiger partial charge in [0.1, 0.15) is 11.5 Å². The number of halogens is 1. The van der Waals surface area contributed by atoms with Crippen LogP contribution in [0, 0.1) is 20.8 Å². The number of aryl methyl sites for hydroxylation is 3. The molecular formula is C16H18ClNO. The van der Waals surface area contributed by atoms with Crippen molar-refractivity contribution in [3.63, 3.8) is 0 Å². The molecule has 2 N–H and O–H groups in total. The van der Waals surface area contributed by atoms with E-state index in [4.69, 9.17) is 22.1 Å². The molecule has 0 saturated carbocycles. The molecule has 0 saturated heterocycles. The normalized spacial score (nSPS) is 10.6. The monoisotopic (exact) mass is 275 g/mol. The van der Waals surface area contributed by atoms with Gasteiger partial charge in [0.15, 0.2) is 0 Å². The molecule has 0 unspecified atom stereocenters. The van der Waals surface area contributed by atoms with Crippen LogP contribution in [0.5, 0.6) is 11.5 Å². The van der Waals surface area contributed by atoms with Gasteiger partial charge in [0.05, 0.1) is 0 Å². The molecule has 0 aliphatic heterocycles. The van der Waals surface area contributed by atoms with Crippen molar-refractivity contribution in [3.05, 3.63) is 57.6 Å². The standard InChI is InChI=1S/C16H18ClNO/c1-10-4-5-15(13(6-10)9-18)19-14-7-11(2)16(17)12(3)8-14/h4-8H,9,18H2,1-3H3.